The number of carbonyl (C=O) groups is 4. The van der Waals surface area contributed by atoms with Crippen LogP contribution in [0, 0.1) is 0 Å². The van der Waals surface area contributed by atoms with E-state index in [0.29, 0.717) is 23.1 Å². The summed E-state index contributed by atoms with van der Waals surface area (Å²) in [5.41, 5.74) is 0.738. The molecule has 172 valence electrons. The molecule has 2 heterocycles. The fourth-order valence-electron chi connectivity index (χ4n) is 3.75. The number of anilines is 1. The van der Waals surface area contributed by atoms with Crippen LogP contribution in [0.1, 0.15) is 43.9 Å². The molecule has 0 bridgehead atoms. The molecule has 33 heavy (non-hydrogen) atoms. The monoisotopic (exact) mass is 472 g/mol. The van der Waals surface area contributed by atoms with Crippen molar-refractivity contribution in [2.24, 2.45) is 0 Å². The van der Waals surface area contributed by atoms with Crippen LogP contribution in [0.5, 0.6) is 5.75 Å². The summed E-state index contributed by atoms with van der Waals surface area (Å²) in [7, 11) is 1.45. The van der Waals surface area contributed by atoms with Crippen molar-refractivity contribution in [3.63, 3.8) is 0 Å². The van der Waals surface area contributed by atoms with E-state index in [1.54, 1.807) is 12.1 Å². The van der Waals surface area contributed by atoms with Gasteiger partial charge < -0.3 is 19.5 Å². The number of hydrogen-bond acceptors (Lipinski definition) is 7. The summed E-state index contributed by atoms with van der Waals surface area (Å²) < 4.78 is 15.7. The molecule has 9 nitrogen and oxygen atoms in total. The highest BCUT2D eigenvalue weighted by atomic mass is 35.5. The Balaban J connectivity index is 1.39. The molecule has 2 aromatic rings. The maximum Gasteiger partial charge on any atom is 0.338 e. The number of halogens is 1. The predicted octanol–water partition coefficient (Wildman–Crippen LogP) is 2.92. The van der Waals surface area contributed by atoms with E-state index in [-0.39, 0.29) is 29.3 Å². The molecule has 0 saturated carbocycles. The maximum absolute atomic E-state index is 12.7. The number of amides is 3. The van der Waals surface area contributed by atoms with E-state index in [2.05, 4.69) is 5.32 Å². The van der Waals surface area contributed by atoms with Crippen molar-refractivity contribution in [2.75, 3.05) is 32.2 Å². The first kappa shape index (κ1) is 22.8. The van der Waals surface area contributed by atoms with Crippen LogP contribution < -0.4 is 10.1 Å². The number of nitrogens with zero attached hydrogens (tertiary/aromatic N) is 1. The van der Waals surface area contributed by atoms with Crippen molar-refractivity contribution in [1.29, 1.82) is 0 Å². The Bertz CT molecular complexity index is 1130. The largest absolute Gasteiger partial charge is 0.495 e. The summed E-state index contributed by atoms with van der Waals surface area (Å²) in [6.07, 6.45) is 1.50. The molecular weight excluding hydrogens is 452 g/mol. The van der Waals surface area contributed by atoms with E-state index in [4.69, 9.17) is 25.8 Å². The number of imide groups is 1. The summed E-state index contributed by atoms with van der Waals surface area (Å²) in [6.45, 7) is 0.227. The van der Waals surface area contributed by atoms with Gasteiger partial charge in [0, 0.05) is 11.6 Å². The number of methoxy groups -OCH3 is 1. The second kappa shape index (κ2) is 9.60. The Labute approximate surface area is 194 Å². The number of benzene rings is 2. The first-order valence-electron chi connectivity index (χ1n) is 10.3. The average molecular weight is 473 g/mol. The molecule has 0 radical (unpaired) electrons. The van der Waals surface area contributed by atoms with Gasteiger partial charge in [0.25, 0.3) is 17.7 Å². The Morgan fingerprint density at radius 3 is 2.67 bits per heavy atom. The molecule has 1 saturated heterocycles. The van der Waals surface area contributed by atoms with Crippen LogP contribution in [0.25, 0.3) is 0 Å². The van der Waals surface area contributed by atoms with Crippen LogP contribution in [0.15, 0.2) is 36.4 Å². The summed E-state index contributed by atoms with van der Waals surface area (Å²) in [4.78, 5) is 51.1. The van der Waals surface area contributed by atoms with E-state index in [9.17, 15) is 19.2 Å². The van der Waals surface area contributed by atoms with Gasteiger partial charge in [-0.25, -0.2) is 4.79 Å². The van der Waals surface area contributed by atoms with Gasteiger partial charge in [-0.15, -0.1) is 0 Å². The zero-order valence-corrected chi connectivity index (χ0v) is 18.5. The van der Waals surface area contributed by atoms with E-state index in [0.717, 1.165) is 17.7 Å². The van der Waals surface area contributed by atoms with Gasteiger partial charge in [-0.05, 0) is 49.2 Å². The van der Waals surface area contributed by atoms with Gasteiger partial charge in [0.15, 0.2) is 6.61 Å². The number of rotatable bonds is 7. The van der Waals surface area contributed by atoms with Crippen LogP contribution >= 0.6 is 11.6 Å². The molecule has 0 aliphatic carbocycles. The zero-order chi connectivity index (χ0) is 23.5. The minimum absolute atomic E-state index is 0.0574. The molecular formula is C23H21ClN2O7. The van der Waals surface area contributed by atoms with Crippen molar-refractivity contribution >= 4 is 41.0 Å². The molecule has 4 rings (SSSR count). The van der Waals surface area contributed by atoms with Gasteiger partial charge in [0.1, 0.15) is 5.75 Å². The number of fused-ring (bicyclic) bond motifs is 1. The normalized spacial score (nSPS) is 17.2. The molecule has 2 aliphatic rings. The third kappa shape index (κ3) is 4.84. The number of hydrogen-bond donors (Lipinski definition) is 1. The second-order valence-corrected chi connectivity index (χ2v) is 8.02. The molecule has 1 fully saturated rings. The number of nitrogens with one attached hydrogen (secondary N) is 1. The van der Waals surface area contributed by atoms with E-state index in [1.807, 2.05) is 0 Å². The van der Waals surface area contributed by atoms with E-state index >= 15 is 0 Å². The summed E-state index contributed by atoms with van der Waals surface area (Å²) in [5.74, 6) is -1.90. The molecule has 0 aromatic heterocycles. The quantitative estimate of drug-likeness (QED) is 0.487. The first-order chi connectivity index (χ1) is 15.9. The third-order valence-corrected chi connectivity index (χ3v) is 5.62. The lowest BCUT2D eigenvalue weighted by atomic mass is 10.1. The molecule has 1 atom stereocenters. The highest BCUT2D eigenvalue weighted by Gasteiger charge is 2.38. The average Bonchev–Trinajstić information content (AvgIpc) is 3.40. The maximum atomic E-state index is 12.7. The van der Waals surface area contributed by atoms with Crippen LogP contribution in [0.3, 0.4) is 0 Å². The lowest BCUT2D eigenvalue weighted by Gasteiger charge is -2.17. The Hall–Kier alpha value is -3.43. The fraction of sp³-hybridized carbons (Fsp3) is 0.304. The summed E-state index contributed by atoms with van der Waals surface area (Å²) in [5, 5.41) is 2.96. The SMILES string of the molecule is COc1ccc(Cl)cc1NC(=O)COC(=O)c1ccc2c(c1)C(=O)N(C[C@H]1CCCO1)C2=O. The van der Waals surface area contributed by atoms with Gasteiger partial charge in [-0.3, -0.25) is 19.3 Å². The molecule has 0 unspecified atom stereocenters. The van der Waals surface area contributed by atoms with Gasteiger partial charge in [0.2, 0.25) is 0 Å². The lowest BCUT2D eigenvalue weighted by Crippen LogP contribution is -2.36. The standard InChI is InChI=1S/C23H21ClN2O7/c1-31-19-7-5-14(24)10-18(19)25-20(27)12-33-23(30)13-4-6-16-17(9-13)22(29)26(21(16)28)11-15-3-2-8-32-15/h4-7,9-10,15H,2-3,8,11-12H2,1H3,(H,25,27)/t15-/m1/s1. The van der Waals surface area contributed by atoms with Crippen molar-refractivity contribution < 1.29 is 33.4 Å². The van der Waals surface area contributed by atoms with Crippen LogP contribution in [-0.2, 0) is 14.3 Å². The molecule has 3 amide bonds. The van der Waals surface area contributed by atoms with Gasteiger partial charge in [-0.2, -0.15) is 0 Å². The van der Waals surface area contributed by atoms with Gasteiger partial charge in [0.05, 0.1) is 42.1 Å². The Morgan fingerprint density at radius 2 is 1.94 bits per heavy atom. The zero-order valence-electron chi connectivity index (χ0n) is 17.8. The summed E-state index contributed by atoms with van der Waals surface area (Å²) >= 11 is 5.94. The lowest BCUT2D eigenvalue weighted by molar-refractivity contribution is -0.119. The number of ether oxygens (including phenoxy) is 3. The molecule has 1 N–H and O–H groups in total. The number of esters is 1. The van der Waals surface area contributed by atoms with Crippen molar-refractivity contribution in [2.45, 2.75) is 18.9 Å². The third-order valence-electron chi connectivity index (χ3n) is 5.39. The van der Waals surface area contributed by atoms with Crippen molar-refractivity contribution in [3.8, 4) is 5.75 Å². The van der Waals surface area contributed by atoms with Crippen LogP contribution in [0.2, 0.25) is 5.02 Å². The fourth-order valence-corrected chi connectivity index (χ4v) is 3.93. The highest BCUT2D eigenvalue weighted by Crippen LogP contribution is 2.28. The van der Waals surface area contributed by atoms with Gasteiger partial charge >= 0.3 is 5.97 Å². The first-order valence-corrected chi connectivity index (χ1v) is 10.7. The number of carbonyl (C=O) groups excluding carboxylic acids is 4. The molecule has 2 aliphatic heterocycles. The smallest absolute Gasteiger partial charge is 0.338 e. The van der Waals surface area contributed by atoms with Crippen molar-refractivity contribution in [1.82, 2.24) is 4.90 Å². The van der Waals surface area contributed by atoms with Crippen molar-refractivity contribution in [3.05, 3.63) is 58.1 Å². The predicted molar refractivity (Wildman–Crippen MR) is 118 cm³/mol. The molecule has 10 heteroatoms. The minimum Gasteiger partial charge on any atom is -0.495 e. The van der Waals surface area contributed by atoms with E-state index < -0.39 is 30.3 Å². The van der Waals surface area contributed by atoms with E-state index in [1.165, 1.54) is 31.4 Å². The van der Waals surface area contributed by atoms with Gasteiger partial charge in [-0.1, -0.05) is 11.6 Å². The van der Waals surface area contributed by atoms with Crippen LogP contribution in [0.4, 0.5) is 5.69 Å². The highest BCUT2D eigenvalue weighted by molar-refractivity contribution is 6.31. The molecule has 0 spiro atoms. The van der Waals surface area contributed by atoms with Crippen LogP contribution in [-0.4, -0.2) is 61.6 Å². The Morgan fingerprint density at radius 1 is 1.15 bits per heavy atom. The topological polar surface area (TPSA) is 111 Å². The Kier molecular flexibility index (Phi) is 6.62. The minimum atomic E-state index is -0.802. The molecule has 2 aromatic carbocycles. The summed E-state index contributed by atoms with van der Waals surface area (Å²) in [6, 6.07) is 8.82. The second-order valence-electron chi connectivity index (χ2n) is 7.59.